The van der Waals surface area contributed by atoms with Crippen LogP contribution in [0, 0.1) is 0 Å². The predicted molar refractivity (Wildman–Crippen MR) is 78.8 cm³/mol. The van der Waals surface area contributed by atoms with Crippen LogP contribution in [0.2, 0.25) is 5.02 Å². The summed E-state index contributed by atoms with van der Waals surface area (Å²) in [5.74, 6) is 1.15. The lowest BCUT2D eigenvalue weighted by atomic mass is 10.2. The molecule has 0 amide bonds. The zero-order chi connectivity index (χ0) is 13.8. The fourth-order valence-corrected chi connectivity index (χ4v) is 2.26. The number of likely N-dealkylation sites (N-methyl/N-ethyl adjacent to an activating group) is 1. The van der Waals surface area contributed by atoms with Gasteiger partial charge >= 0.3 is 0 Å². The molecule has 1 atom stereocenters. The Morgan fingerprint density at radius 2 is 2.26 bits per heavy atom. The molecule has 102 valence electrons. The summed E-state index contributed by atoms with van der Waals surface area (Å²) in [5.41, 5.74) is 0.782. The molecule has 0 saturated heterocycles. The van der Waals surface area contributed by atoms with Gasteiger partial charge in [-0.1, -0.05) is 16.8 Å². The number of nitrogens with one attached hydrogen (secondary N) is 1. The fraction of sp³-hybridized carbons (Fsp3) is 0.385. The van der Waals surface area contributed by atoms with Crippen LogP contribution in [0.25, 0.3) is 11.5 Å². The molecule has 0 spiro atoms. The van der Waals surface area contributed by atoms with E-state index in [0.29, 0.717) is 22.8 Å². The van der Waals surface area contributed by atoms with Gasteiger partial charge in [-0.2, -0.15) is 4.98 Å². The number of hydrogen-bond donors (Lipinski definition) is 1. The zero-order valence-electron chi connectivity index (χ0n) is 11.1. The lowest BCUT2D eigenvalue weighted by molar-refractivity contribution is 0.418. The topological polar surface area (TPSA) is 51.0 Å². The van der Waals surface area contributed by atoms with Crippen LogP contribution in [0.15, 0.2) is 27.6 Å². The second kappa shape index (κ2) is 6.41. The highest BCUT2D eigenvalue weighted by Crippen LogP contribution is 2.30. The first-order chi connectivity index (χ1) is 9.13. The highest BCUT2D eigenvalue weighted by atomic mass is 35.5. The summed E-state index contributed by atoms with van der Waals surface area (Å²) in [6.45, 7) is 2.07. The molecule has 1 unspecified atom stereocenters. The van der Waals surface area contributed by atoms with Gasteiger partial charge in [0.05, 0.1) is 10.6 Å². The predicted octanol–water partition coefficient (Wildman–Crippen LogP) is 3.26. The van der Waals surface area contributed by atoms with E-state index in [1.807, 2.05) is 31.5 Å². The Kier molecular flexibility index (Phi) is 4.85. The molecule has 2 rings (SSSR count). The molecular formula is C13H16ClN3OS. The van der Waals surface area contributed by atoms with Crippen molar-refractivity contribution in [2.45, 2.75) is 24.3 Å². The first-order valence-corrected chi connectivity index (χ1v) is 7.58. The summed E-state index contributed by atoms with van der Waals surface area (Å²) >= 11 is 7.83. The molecule has 0 fully saturated rings. The van der Waals surface area contributed by atoms with Crippen molar-refractivity contribution in [3.05, 3.63) is 29.0 Å². The molecule has 4 nitrogen and oxygen atoms in total. The van der Waals surface area contributed by atoms with Crippen LogP contribution < -0.4 is 5.32 Å². The number of aromatic nitrogens is 2. The number of benzene rings is 1. The minimum atomic E-state index is 0.304. The maximum absolute atomic E-state index is 6.18. The number of thioether (sulfide) groups is 1. The molecule has 19 heavy (non-hydrogen) atoms. The van der Waals surface area contributed by atoms with E-state index in [4.69, 9.17) is 16.1 Å². The van der Waals surface area contributed by atoms with Crippen molar-refractivity contribution in [1.29, 1.82) is 0 Å². The van der Waals surface area contributed by atoms with Crippen molar-refractivity contribution in [1.82, 2.24) is 15.5 Å². The van der Waals surface area contributed by atoms with Gasteiger partial charge in [-0.25, -0.2) is 0 Å². The van der Waals surface area contributed by atoms with E-state index < -0.39 is 0 Å². The Labute approximate surface area is 121 Å². The maximum atomic E-state index is 6.18. The average Bonchev–Trinajstić information content (AvgIpc) is 2.87. The third-order valence-corrected chi connectivity index (χ3v) is 3.91. The molecule has 0 saturated carbocycles. The normalized spacial score (nSPS) is 12.6. The minimum absolute atomic E-state index is 0.304. The van der Waals surface area contributed by atoms with E-state index in [1.165, 1.54) is 0 Å². The molecule has 1 heterocycles. The van der Waals surface area contributed by atoms with Crippen molar-refractivity contribution in [3.63, 3.8) is 0 Å². The van der Waals surface area contributed by atoms with Crippen LogP contribution in [0.1, 0.15) is 12.7 Å². The van der Waals surface area contributed by atoms with Crippen LogP contribution in [0.5, 0.6) is 0 Å². The fourth-order valence-electron chi connectivity index (χ4n) is 1.62. The lowest BCUT2D eigenvalue weighted by Gasteiger charge is -2.04. The summed E-state index contributed by atoms with van der Waals surface area (Å²) in [6, 6.07) is 6.09. The summed E-state index contributed by atoms with van der Waals surface area (Å²) in [6.07, 6.45) is 2.74. The Morgan fingerprint density at radius 3 is 2.95 bits per heavy atom. The lowest BCUT2D eigenvalue weighted by Crippen LogP contribution is -2.24. The minimum Gasteiger partial charge on any atom is -0.334 e. The van der Waals surface area contributed by atoms with Crippen LogP contribution in [-0.2, 0) is 6.42 Å². The van der Waals surface area contributed by atoms with E-state index in [9.17, 15) is 0 Å². The Bertz CT molecular complexity index is 559. The molecule has 2 aromatic rings. The first-order valence-electron chi connectivity index (χ1n) is 5.97. The Balaban J connectivity index is 2.27. The SMILES string of the molecule is CNC(C)Cc1noc(-c2cc(SC)ccc2Cl)n1. The molecule has 0 bridgehead atoms. The van der Waals surface area contributed by atoms with E-state index in [1.54, 1.807) is 11.8 Å². The number of rotatable bonds is 5. The highest BCUT2D eigenvalue weighted by Gasteiger charge is 2.14. The van der Waals surface area contributed by atoms with Crippen molar-refractivity contribution < 1.29 is 4.52 Å². The maximum Gasteiger partial charge on any atom is 0.259 e. The molecule has 1 N–H and O–H groups in total. The van der Waals surface area contributed by atoms with Gasteiger partial charge in [0.1, 0.15) is 0 Å². The second-order valence-corrected chi connectivity index (χ2v) is 5.54. The van der Waals surface area contributed by atoms with E-state index in [0.717, 1.165) is 16.9 Å². The van der Waals surface area contributed by atoms with Crippen molar-refractivity contribution in [2.75, 3.05) is 13.3 Å². The van der Waals surface area contributed by atoms with Crippen LogP contribution in [0.3, 0.4) is 0 Å². The van der Waals surface area contributed by atoms with Gasteiger partial charge in [0.25, 0.3) is 5.89 Å². The molecule has 6 heteroatoms. The standard InChI is InChI=1S/C13H16ClN3OS/c1-8(15-2)6-12-16-13(18-17-12)10-7-9(19-3)4-5-11(10)14/h4-5,7-8,15H,6H2,1-3H3. The first kappa shape index (κ1) is 14.4. The van der Waals surface area contributed by atoms with Gasteiger partial charge in [-0.05, 0) is 38.4 Å². The summed E-state index contributed by atoms with van der Waals surface area (Å²) in [7, 11) is 1.91. The highest BCUT2D eigenvalue weighted by molar-refractivity contribution is 7.98. The van der Waals surface area contributed by atoms with Crippen LogP contribution in [0.4, 0.5) is 0 Å². The van der Waals surface area contributed by atoms with Gasteiger partial charge < -0.3 is 9.84 Å². The quantitative estimate of drug-likeness (QED) is 0.859. The van der Waals surface area contributed by atoms with Crippen molar-refractivity contribution in [3.8, 4) is 11.5 Å². The number of nitrogens with zero attached hydrogens (tertiary/aromatic N) is 2. The largest absolute Gasteiger partial charge is 0.334 e. The number of hydrogen-bond acceptors (Lipinski definition) is 5. The molecular weight excluding hydrogens is 282 g/mol. The van der Waals surface area contributed by atoms with Crippen LogP contribution >= 0.6 is 23.4 Å². The summed E-state index contributed by atoms with van der Waals surface area (Å²) < 4.78 is 5.29. The number of halogens is 1. The molecule has 1 aromatic heterocycles. The third-order valence-electron chi connectivity index (χ3n) is 2.85. The van der Waals surface area contributed by atoms with E-state index in [-0.39, 0.29) is 0 Å². The monoisotopic (exact) mass is 297 g/mol. The average molecular weight is 298 g/mol. The Hall–Kier alpha value is -1.04. The van der Waals surface area contributed by atoms with Gasteiger partial charge in [-0.3, -0.25) is 0 Å². The smallest absolute Gasteiger partial charge is 0.259 e. The molecule has 0 aliphatic rings. The van der Waals surface area contributed by atoms with Crippen LogP contribution in [-0.4, -0.2) is 29.5 Å². The van der Waals surface area contributed by atoms with Gasteiger partial charge in [0, 0.05) is 17.4 Å². The second-order valence-electron chi connectivity index (χ2n) is 4.26. The third kappa shape index (κ3) is 3.49. The summed E-state index contributed by atoms with van der Waals surface area (Å²) in [5, 5.41) is 7.75. The molecule has 0 aliphatic heterocycles. The molecule has 1 aromatic carbocycles. The van der Waals surface area contributed by atoms with Gasteiger partial charge in [-0.15, -0.1) is 11.8 Å². The molecule has 0 radical (unpaired) electrons. The zero-order valence-corrected chi connectivity index (χ0v) is 12.7. The van der Waals surface area contributed by atoms with Gasteiger partial charge in [0.15, 0.2) is 5.82 Å². The molecule has 0 aliphatic carbocycles. The summed E-state index contributed by atoms with van der Waals surface area (Å²) in [4.78, 5) is 5.51. The Morgan fingerprint density at radius 1 is 1.47 bits per heavy atom. The van der Waals surface area contributed by atoms with E-state index >= 15 is 0 Å². The van der Waals surface area contributed by atoms with E-state index in [2.05, 4.69) is 22.4 Å². The van der Waals surface area contributed by atoms with Crippen molar-refractivity contribution in [2.24, 2.45) is 0 Å². The van der Waals surface area contributed by atoms with Gasteiger partial charge in [0.2, 0.25) is 0 Å². The van der Waals surface area contributed by atoms with Crippen molar-refractivity contribution >= 4 is 23.4 Å².